The van der Waals surface area contributed by atoms with Crippen LogP contribution in [0.5, 0.6) is 0 Å². The van der Waals surface area contributed by atoms with Crippen molar-refractivity contribution in [2.24, 2.45) is 11.8 Å². The standard InChI is InChI=1S/C20H27N3O2/c1-15(2)18(14-24)23(13-16-6-4-3-5-7-16)20(25)17-8-10-22-11-9-21-19(22)12-17/h3-7,9,11,15,17-18,24H,8,10,12-14H2,1-2H3/t17-,18-/m0/s1. The Morgan fingerprint density at radius 1 is 1.36 bits per heavy atom. The smallest absolute Gasteiger partial charge is 0.226 e. The van der Waals surface area contributed by atoms with Gasteiger partial charge in [-0.05, 0) is 17.9 Å². The number of nitrogens with zero attached hydrogens (tertiary/aromatic N) is 3. The Kier molecular flexibility index (Phi) is 5.53. The van der Waals surface area contributed by atoms with Crippen molar-refractivity contribution >= 4 is 5.91 Å². The molecule has 0 radical (unpaired) electrons. The summed E-state index contributed by atoms with van der Waals surface area (Å²) in [6.45, 7) is 5.46. The van der Waals surface area contributed by atoms with Crippen LogP contribution in [0.4, 0.5) is 0 Å². The quantitative estimate of drug-likeness (QED) is 0.878. The third kappa shape index (κ3) is 3.93. The van der Waals surface area contributed by atoms with E-state index in [1.165, 1.54) is 0 Å². The molecule has 2 heterocycles. The van der Waals surface area contributed by atoms with E-state index in [1.807, 2.05) is 41.4 Å². The van der Waals surface area contributed by atoms with Crippen molar-refractivity contribution in [3.8, 4) is 0 Å². The van der Waals surface area contributed by atoms with Crippen molar-refractivity contribution in [2.75, 3.05) is 6.61 Å². The molecular formula is C20H27N3O2. The third-order valence-corrected chi connectivity index (χ3v) is 5.13. The fourth-order valence-corrected chi connectivity index (χ4v) is 3.60. The second-order valence-electron chi connectivity index (χ2n) is 7.17. The number of aliphatic hydroxyl groups excluding tert-OH is 1. The molecule has 2 atom stereocenters. The number of aliphatic hydroxyl groups is 1. The van der Waals surface area contributed by atoms with Gasteiger partial charge in [0.2, 0.25) is 5.91 Å². The summed E-state index contributed by atoms with van der Waals surface area (Å²) in [4.78, 5) is 19.6. The Morgan fingerprint density at radius 3 is 2.80 bits per heavy atom. The first-order valence-corrected chi connectivity index (χ1v) is 9.05. The fraction of sp³-hybridized carbons (Fsp3) is 0.500. The second-order valence-corrected chi connectivity index (χ2v) is 7.17. The van der Waals surface area contributed by atoms with E-state index in [4.69, 9.17) is 0 Å². The Hall–Kier alpha value is -2.14. The number of fused-ring (bicyclic) bond motifs is 1. The molecule has 0 spiro atoms. The highest BCUT2D eigenvalue weighted by atomic mass is 16.3. The third-order valence-electron chi connectivity index (χ3n) is 5.13. The van der Waals surface area contributed by atoms with Gasteiger partial charge in [0, 0.05) is 37.8 Å². The molecule has 5 nitrogen and oxygen atoms in total. The summed E-state index contributed by atoms with van der Waals surface area (Å²) in [5, 5.41) is 9.91. The number of carbonyl (C=O) groups excluding carboxylic acids is 1. The molecule has 134 valence electrons. The first kappa shape index (κ1) is 17.7. The van der Waals surface area contributed by atoms with Gasteiger partial charge < -0.3 is 14.6 Å². The molecule has 1 amide bonds. The number of amides is 1. The van der Waals surface area contributed by atoms with Gasteiger partial charge in [0.1, 0.15) is 5.82 Å². The minimum atomic E-state index is -0.172. The largest absolute Gasteiger partial charge is 0.394 e. The molecule has 1 N–H and O–H groups in total. The normalized spacial score (nSPS) is 18.0. The van der Waals surface area contributed by atoms with Crippen LogP contribution >= 0.6 is 0 Å². The van der Waals surface area contributed by atoms with E-state index in [1.54, 1.807) is 6.20 Å². The molecule has 1 aromatic heterocycles. The zero-order chi connectivity index (χ0) is 17.8. The monoisotopic (exact) mass is 341 g/mol. The summed E-state index contributed by atoms with van der Waals surface area (Å²) >= 11 is 0. The summed E-state index contributed by atoms with van der Waals surface area (Å²) < 4.78 is 2.12. The van der Waals surface area contributed by atoms with E-state index in [-0.39, 0.29) is 30.4 Å². The predicted octanol–water partition coefficient (Wildman–Crippen LogP) is 2.49. The molecule has 0 saturated heterocycles. The molecular weight excluding hydrogens is 314 g/mol. The molecule has 0 fully saturated rings. The first-order chi connectivity index (χ1) is 12.1. The van der Waals surface area contributed by atoms with E-state index in [0.29, 0.717) is 13.0 Å². The van der Waals surface area contributed by atoms with Crippen molar-refractivity contribution in [2.45, 2.75) is 45.8 Å². The maximum Gasteiger partial charge on any atom is 0.226 e. The highest BCUT2D eigenvalue weighted by Gasteiger charge is 2.33. The summed E-state index contributed by atoms with van der Waals surface area (Å²) in [6, 6.07) is 9.83. The van der Waals surface area contributed by atoms with Gasteiger partial charge in [0.15, 0.2) is 0 Å². The zero-order valence-electron chi connectivity index (χ0n) is 15.0. The number of aryl methyl sites for hydroxylation is 1. The highest BCUT2D eigenvalue weighted by molar-refractivity contribution is 5.79. The lowest BCUT2D eigenvalue weighted by Crippen LogP contribution is -2.48. The van der Waals surface area contributed by atoms with Crippen LogP contribution in [0.25, 0.3) is 0 Å². The highest BCUT2D eigenvalue weighted by Crippen LogP contribution is 2.25. The van der Waals surface area contributed by atoms with E-state index in [0.717, 1.165) is 24.4 Å². The number of rotatable bonds is 6. The SMILES string of the molecule is CC(C)[C@H](CO)N(Cc1ccccc1)C(=O)[C@H]1CCn2ccnc2C1. The van der Waals surface area contributed by atoms with E-state index < -0.39 is 0 Å². The van der Waals surface area contributed by atoms with Crippen molar-refractivity contribution in [3.05, 3.63) is 54.1 Å². The molecule has 1 aromatic carbocycles. The lowest BCUT2D eigenvalue weighted by atomic mass is 9.93. The van der Waals surface area contributed by atoms with Gasteiger partial charge in [-0.3, -0.25) is 4.79 Å². The van der Waals surface area contributed by atoms with Gasteiger partial charge in [0.25, 0.3) is 0 Å². The minimum Gasteiger partial charge on any atom is -0.394 e. The van der Waals surface area contributed by atoms with Crippen LogP contribution in [0.3, 0.4) is 0 Å². The Morgan fingerprint density at radius 2 is 2.12 bits per heavy atom. The number of hydrogen-bond acceptors (Lipinski definition) is 3. The molecule has 25 heavy (non-hydrogen) atoms. The molecule has 1 aliphatic rings. The number of carbonyl (C=O) groups is 1. The zero-order valence-corrected chi connectivity index (χ0v) is 15.0. The summed E-state index contributed by atoms with van der Waals surface area (Å²) in [7, 11) is 0. The van der Waals surface area contributed by atoms with Crippen molar-refractivity contribution in [1.29, 1.82) is 0 Å². The summed E-state index contributed by atoms with van der Waals surface area (Å²) in [5.41, 5.74) is 1.09. The molecule has 3 rings (SSSR count). The van der Waals surface area contributed by atoms with E-state index in [2.05, 4.69) is 23.4 Å². The van der Waals surface area contributed by atoms with E-state index >= 15 is 0 Å². The number of benzene rings is 1. The second kappa shape index (κ2) is 7.83. The molecule has 0 unspecified atom stereocenters. The lowest BCUT2D eigenvalue weighted by Gasteiger charge is -2.37. The van der Waals surface area contributed by atoms with Crippen molar-refractivity contribution in [1.82, 2.24) is 14.5 Å². The van der Waals surface area contributed by atoms with Crippen molar-refractivity contribution < 1.29 is 9.90 Å². The van der Waals surface area contributed by atoms with Crippen LogP contribution in [0.1, 0.15) is 31.7 Å². The van der Waals surface area contributed by atoms with E-state index in [9.17, 15) is 9.90 Å². The molecule has 0 aliphatic carbocycles. The molecule has 2 aromatic rings. The predicted molar refractivity (Wildman–Crippen MR) is 96.7 cm³/mol. The van der Waals surface area contributed by atoms with Crippen LogP contribution in [0.2, 0.25) is 0 Å². The molecule has 1 aliphatic heterocycles. The van der Waals surface area contributed by atoms with Crippen LogP contribution in [0, 0.1) is 11.8 Å². The summed E-state index contributed by atoms with van der Waals surface area (Å²) in [6.07, 6.45) is 5.27. The summed E-state index contributed by atoms with van der Waals surface area (Å²) in [5.74, 6) is 1.25. The maximum absolute atomic E-state index is 13.3. The van der Waals surface area contributed by atoms with Crippen LogP contribution in [-0.4, -0.2) is 38.1 Å². The number of aromatic nitrogens is 2. The molecule has 5 heteroatoms. The minimum absolute atomic E-state index is 0.0163. The lowest BCUT2D eigenvalue weighted by molar-refractivity contribution is -0.141. The maximum atomic E-state index is 13.3. The fourth-order valence-electron chi connectivity index (χ4n) is 3.60. The van der Waals surface area contributed by atoms with Gasteiger partial charge in [-0.25, -0.2) is 4.98 Å². The van der Waals surface area contributed by atoms with Crippen LogP contribution < -0.4 is 0 Å². The van der Waals surface area contributed by atoms with Gasteiger partial charge in [-0.2, -0.15) is 0 Å². The average molecular weight is 341 g/mol. The molecule has 0 bridgehead atoms. The van der Waals surface area contributed by atoms with Gasteiger partial charge in [-0.1, -0.05) is 44.2 Å². The van der Waals surface area contributed by atoms with Crippen LogP contribution in [0.15, 0.2) is 42.7 Å². The van der Waals surface area contributed by atoms with Crippen molar-refractivity contribution in [3.63, 3.8) is 0 Å². The Balaban J connectivity index is 1.81. The number of imidazole rings is 1. The molecule has 0 saturated carbocycles. The van der Waals surface area contributed by atoms with Crippen LogP contribution in [-0.2, 0) is 24.3 Å². The Bertz CT molecular complexity index is 696. The van der Waals surface area contributed by atoms with Gasteiger partial charge >= 0.3 is 0 Å². The average Bonchev–Trinajstić information content (AvgIpc) is 3.09. The number of hydrogen-bond donors (Lipinski definition) is 1. The van der Waals surface area contributed by atoms with Gasteiger partial charge in [-0.15, -0.1) is 0 Å². The first-order valence-electron chi connectivity index (χ1n) is 9.05. The van der Waals surface area contributed by atoms with Gasteiger partial charge in [0.05, 0.1) is 12.6 Å². The topological polar surface area (TPSA) is 58.4 Å². The Labute approximate surface area is 149 Å².